The van der Waals surface area contributed by atoms with Crippen molar-refractivity contribution >= 4 is 23.4 Å². The summed E-state index contributed by atoms with van der Waals surface area (Å²) >= 11 is 1.39. The second kappa shape index (κ2) is 6.83. The van der Waals surface area contributed by atoms with Crippen LogP contribution in [0, 0.1) is 19.7 Å². The Labute approximate surface area is 138 Å². The number of para-hydroxylation sites is 1. The smallest absolute Gasteiger partial charge is 0.224 e. The number of nitrogens with one attached hydrogen (secondary N) is 2. The largest absolute Gasteiger partial charge is 0.324 e. The van der Waals surface area contributed by atoms with Crippen LogP contribution in [0.4, 0.5) is 16.0 Å². The van der Waals surface area contributed by atoms with Crippen LogP contribution < -0.4 is 5.32 Å². The fourth-order valence-corrected chi connectivity index (χ4v) is 3.04. The molecule has 1 heterocycles. The molecule has 4 nitrogen and oxygen atoms in total. The van der Waals surface area contributed by atoms with E-state index in [0.717, 1.165) is 16.8 Å². The minimum Gasteiger partial charge on any atom is -0.324 e. The average Bonchev–Trinajstić information content (AvgIpc) is 2.98. The molecule has 0 amide bonds. The highest BCUT2D eigenvalue weighted by Gasteiger charge is 2.09. The van der Waals surface area contributed by atoms with Gasteiger partial charge in [0.25, 0.3) is 0 Å². The molecule has 0 aliphatic carbocycles. The number of rotatable bonds is 5. The van der Waals surface area contributed by atoms with Gasteiger partial charge in [-0.1, -0.05) is 48.2 Å². The first-order valence-electron chi connectivity index (χ1n) is 7.25. The van der Waals surface area contributed by atoms with Crippen molar-refractivity contribution in [1.82, 2.24) is 15.2 Å². The van der Waals surface area contributed by atoms with Crippen LogP contribution in [0.3, 0.4) is 0 Å². The third-order valence-corrected chi connectivity index (χ3v) is 4.40. The van der Waals surface area contributed by atoms with Crippen molar-refractivity contribution < 1.29 is 4.39 Å². The molecule has 0 aliphatic heterocycles. The highest BCUT2D eigenvalue weighted by atomic mass is 32.2. The predicted octanol–water partition coefficient (Wildman–Crippen LogP) is 4.60. The first-order chi connectivity index (χ1) is 11.1. The number of nitrogens with zero attached hydrogens (tertiary/aromatic N) is 2. The van der Waals surface area contributed by atoms with Gasteiger partial charge in [-0.2, -0.15) is 4.98 Å². The molecule has 23 heavy (non-hydrogen) atoms. The lowest BCUT2D eigenvalue weighted by atomic mass is 10.1. The fourth-order valence-electron chi connectivity index (χ4n) is 2.25. The van der Waals surface area contributed by atoms with Gasteiger partial charge in [0.1, 0.15) is 5.82 Å². The number of aromatic nitrogens is 3. The number of halogens is 1. The van der Waals surface area contributed by atoms with Gasteiger partial charge in [0.2, 0.25) is 11.1 Å². The van der Waals surface area contributed by atoms with Crippen molar-refractivity contribution in [2.45, 2.75) is 24.8 Å². The summed E-state index contributed by atoms with van der Waals surface area (Å²) in [7, 11) is 0. The molecule has 118 valence electrons. The van der Waals surface area contributed by atoms with E-state index in [1.807, 2.05) is 38.1 Å². The standard InChI is InChI=1S/C17H17FN4S/c1-11-6-5-7-12(2)15(11)19-16-20-17(22-21-16)23-10-13-8-3-4-9-14(13)18/h3-9H,10H2,1-2H3,(H2,19,20,21,22). The van der Waals surface area contributed by atoms with Gasteiger partial charge in [0.05, 0.1) is 0 Å². The quantitative estimate of drug-likeness (QED) is 0.672. The number of hydrogen-bond acceptors (Lipinski definition) is 4. The van der Waals surface area contributed by atoms with Crippen LogP contribution in [-0.2, 0) is 5.75 Å². The third-order valence-electron chi connectivity index (χ3n) is 3.50. The van der Waals surface area contributed by atoms with Crippen molar-refractivity contribution in [3.8, 4) is 0 Å². The summed E-state index contributed by atoms with van der Waals surface area (Å²) in [5.41, 5.74) is 3.95. The Hall–Kier alpha value is -2.34. The molecule has 0 aliphatic rings. The van der Waals surface area contributed by atoms with Crippen LogP contribution in [0.1, 0.15) is 16.7 Å². The summed E-state index contributed by atoms with van der Waals surface area (Å²) in [6.45, 7) is 4.08. The molecule has 0 saturated carbocycles. The van der Waals surface area contributed by atoms with Crippen molar-refractivity contribution in [3.05, 3.63) is 65.0 Å². The Morgan fingerprint density at radius 1 is 1.09 bits per heavy atom. The SMILES string of the molecule is Cc1cccc(C)c1Nc1nc(SCc2ccccc2F)n[nH]1. The monoisotopic (exact) mass is 328 g/mol. The number of aromatic amines is 1. The molecule has 0 bridgehead atoms. The average molecular weight is 328 g/mol. The van der Waals surface area contributed by atoms with E-state index in [9.17, 15) is 4.39 Å². The van der Waals surface area contributed by atoms with Crippen molar-refractivity contribution in [1.29, 1.82) is 0 Å². The van der Waals surface area contributed by atoms with Gasteiger partial charge in [-0.25, -0.2) is 9.49 Å². The fraction of sp³-hybridized carbons (Fsp3) is 0.176. The molecule has 0 spiro atoms. The summed E-state index contributed by atoms with van der Waals surface area (Å²) in [5.74, 6) is 0.871. The maximum absolute atomic E-state index is 13.6. The van der Waals surface area contributed by atoms with Crippen molar-refractivity contribution in [2.24, 2.45) is 0 Å². The Kier molecular flexibility index (Phi) is 4.62. The lowest BCUT2D eigenvalue weighted by molar-refractivity contribution is 0.617. The first-order valence-corrected chi connectivity index (χ1v) is 8.24. The van der Waals surface area contributed by atoms with Gasteiger partial charge in [0, 0.05) is 11.4 Å². The highest BCUT2D eigenvalue weighted by molar-refractivity contribution is 7.98. The van der Waals surface area contributed by atoms with E-state index in [0.29, 0.717) is 22.4 Å². The number of hydrogen-bond donors (Lipinski definition) is 2. The summed E-state index contributed by atoms with van der Waals surface area (Å²) < 4.78 is 13.6. The van der Waals surface area contributed by atoms with E-state index in [-0.39, 0.29) is 5.82 Å². The van der Waals surface area contributed by atoms with E-state index in [2.05, 4.69) is 20.5 Å². The molecule has 6 heteroatoms. The zero-order chi connectivity index (χ0) is 16.2. The molecule has 0 radical (unpaired) electrons. The number of benzene rings is 2. The molecule has 0 fully saturated rings. The number of anilines is 2. The number of thioether (sulfide) groups is 1. The van der Waals surface area contributed by atoms with Gasteiger partial charge >= 0.3 is 0 Å². The van der Waals surface area contributed by atoms with Gasteiger partial charge in [-0.15, -0.1) is 5.10 Å². The second-order valence-electron chi connectivity index (χ2n) is 5.24. The minimum atomic E-state index is -0.204. The van der Waals surface area contributed by atoms with Crippen LogP contribution in [0.5, 0.6) is 0 Å². The first kappa shape index (κ1) is 15.6. The highest BCUT2D eigenvalue weighted by Crippen LogP contribution is 2.25. The zero-order valence-corrected chi connectivity index (χ0v) is 13.7. The summed E-state index contributed by atoms with van der Waals surface area (Å²) in [4.78, 5) is 4.40. The van der Waals surface area contributed by atoms with E-state index in [1.54, 1.807) is 12.1 Å². The van der Waals surface area contributed by atoms with Gasteiger partial charge in [-0.3, -0.25) is 0 Å². The van der Waals surface area contributed by atoms with Crippen LogP contribution >= 0.6 is 11.8 Å². The van der Waals surface area contributed by atoms with Crippen LogP contribution in [0.2, 0.25) is 0 Å². The molecule has 3 aromatic rings. The zero-order valence-electron chi connectivity index (χ0n) is 12.9. The topological polar surface area (TPSA) is 53.6 Å². The van der Waals surface area contributed by atoms with Crippen molar-refractivity contribution in [3.63, 3.8) is 0 Å². The van der Waals surface area contributed by atoms with Crippen molar-refractivity contribution in [2.75, 3.05) is 5.32 Å². The molecule has 0 saturated heterocycles. The van der Waals surface area contributed by atoms with E-state index in [4.69, 9.17) is 0 Å². The third kappa shape index (κ3) is 3.71. The normalized spacial score (nSPS) is 10.7. The van der Waals surface area contributed by atoms with Crippen LogP contribution in [-0.4, -0.2) is 15.2 Å². The molecule has 2 aromatic carbocycles. The van der Waals surface area contributed by atoms with Gasteiger partial charge in [0.15, 0.2) is 0 Å². The minimum absolute atomic E-state index is 0.204. The van der Waals surface area contributed by atoms with Crippen LogP contribution in [0.25, 0.3) is 0 Å². The summed E-state index contributed by atoms with van der Waals surface area (Å²) in [5, 5.41) is 10.9. The van der Waals surface area contributed by atoms with E-state index in [1.165, 1.54) is 17.8 Å². The molecule has 1 aromatic heterocycles. The second-order valence-corrected chi connectivity index (χ2v) is 6.18. The lowest BCUT2D eigenvalue weighted by Crippen LogP contribution is -1.97. The van der Waals surface area contributed by atoms with Crippen LogP contribution in [0.15, 0.2) is 47.6 Å². The predicted molar refractivity (Wildman–Crippen MR) is 91.5 cm³/mol. The summed E-state index contributed by atoms with van der Waals surface area (Å²) in [6, 6.07) is 12.8. The molecule has 0 atom stereocenters. The lowest BCUT2D eigenvalue weighted by Gasteiger charge is -2.09. The Morgan fingerprint density at radius 2 is 1.83 bits per heavy atom. The van der Waals surface area contributed by atoms with Gasteiger partial charge in [-0.05, 0) is 36.6 Å². The molecular weight excluding hydrogens is 311 g/mol. The molecule has 3 rings (SSSR count). The van der Waals surface area contributed by atoms with E-state index < -0.39 is 0 Å². The number of aryl methyl sites for hydroxylation is 2. The summed E-state index contributed by atoms with van der Waals surface area (Å²) in [6.07, 6.45) is 0. The van der Waals surface area contributed by atoms with E-state index >= 15 is 0 Å². The Bertz CT molecular complexity index is 796. The molecule has 0 unspecified atom stereocenters. The Balaban J connectivity index is 1.68. The Morgan fingerprint density at radius 3 is 2.57 bits per heavy atom. The molecule has 2 N–H and O–H groups in total. The van der Waals surface area contributed by atoms with Gasteiger partial charge < -0.3 is 5.32 Å². The maximum Gasteiger partial charge on any atom is 0.224 e. The molecular formula is C17H17FN4S. The number of H-pyrrole nitrogens is 1. The maximum atomic E-state index is 13.6.